The molecule has 0 unspecified atom stereocenters. The predicted octanol–water partition coefficient (Wildman–Crippen LogP) is 2.47. The maximum atomic E-state index is 11.8. The van der Waals surface area contributed by atoms with E-state index in [0.29, 0.717) is 18.6 Å². The number of nitrogens with one attached hydrogen (secondary N) is 1. The molecule has 1 rings (SSSR count). The Morgan fingerprint density at radius 2 is 1.70 bits per heavy atom. The van der Waals surface area contributed by atoms with E-state index in [0.717, 1.165) is 5.75 Å². The summed E-state index contributed by atoms with van der Waals surface area (Å²) in [4.78, 5) is 23.2. The number of amides is 1. The summed E-state index contributed by atoms with van der Waals surface area (Å²) < 4.78 is 10.5. The molecule has 0 aromatic heterocycles. The van der Waals surface area contributed by atoms with Gasteiger partial charge in [-0.25, -0.2) is 0 Å². The molecular weight excluding hydrogens is 298 g/mol. The van der Waals surface area contributed by atoms with Crippen LogP contribution in [0.2, 0.25) is 0 Å². The summed E-state index contributed by atoms with van der Waals surface area (Å²) in [5, 5.41) is 12.0. The first kappa shape index (κ1) is 18.8. The minimum Gasteiger partial charge on any atom is -0.497 e. The highest BCUT2D eigenvalue weighted by molar-refractivity contribution is 5.79. The van der Waals surface area contributed by atoms with Crippen molar-refractivity contribution in [3.8, 4) is 11.5 Å². The molecule has 0 radical (unpaired) electrons. The molecule has 1 aromatic carbocycles. The van der Waals surface area contributed by atoms with Crippen LogP contribution >= 0.6 is 0 Å². The Balaban J connectivity index is 2.37. The number of ether oxygens (including phenoxy) is 2. The molecule has 0 heterocycles. The van der Waals surface area contributed by atoms with Crippen LogP contribution in [-0.2, 0) is 9.59 Å². The molecular formula is C17H25NO5. The minimum atomic E-state index is -0.896. The molecule has 23 heavy (non-hydrogen) atoms. The number of rotatable bonds is 10. The van der Waals surface area contributed by atoms with Gasteiger partial charge >= 0.3 is 5.97 Å². The summed E-state index contributed by atoms with van der Waals surface area (Å²) in [6.45, 7) is 4.00. The largest absolute Gasteiger partial charge is 0.497 e. The monoisotopic (exact) mass is 323 g/mol. The van der Waals surface area contributed by atoms with Crippen molar-refractivity contribution < 1.29 is 24.2 Å². The molecule has 0 saturated carbocycles. The van der Waals surface area contributed by atoms with Gasteiger partial charge in [0, 0.05) is 6.54 Å². The third-order valence-electron chi connectivity index (χ3n) is 4.09. The van der Waals surface area contributed by atoms with Gasteiger partial charge in [0.25, 0.3) is 0 Å². The van der Waals surface area contributed by atoms with Crippen molar-refractivity contribution in [1.29, 1.82) is 0 Å². The SMILES string of the molecule is CCC(CC)(CNC(=O)CCOc1ccc(OC)cc1)C(=O)O. The highest BCUT2D eigenvalue weighted by atomic mass is 16.5. The van der Waals surface area contributed by atoms with Crippen molar-refractivity contribution >= 4 is 11.9 Å². The lowest BCUT2D eigenvalue weighted by atomic mass is 9.82. The number of hydrogen-bond acceptors (Lipinski definition) is 4. The van der Waals surface area contributed by atoms with Crippen LogP contribution in [0.3, 0.4) is 0 Å². The molecule has 6 heteroatoms. The summed E-state index contributed by atoms with van der Waals surface area (Å²) in [7, 11) is 1.59. The molecule has 0 spiro atoms. The molecule has 0 saturated heterocycles. The average Bonchev–Trinajstić information content (AvgIpc) is 2.56. The lowest BCUT2D eigenvalue weighted by Crippen LogP contribution is -2.42. The molecule has 0 fully saturated rings. The maximum absolute atomic E-state index is 11.8. The summed E-state index contributed by atoms with van der Waals surface area (Å²) in [6.07, 6.45) is 1.12. The normalized spacial score (nSPS) is 10.9. The minimum absolute atomic E-state index is 0.136. The Labute approximate surface area is 136 Å². The van der Waals surface area contributed by atoms with Crippen LogP contribution in [-0.4, -0.2) is 37.2 Å². The highest BCUT2D eigenvalue weighted by Crippen LogP contribution is 2.25. The average molecular weight is 323 g/mol. The summed E-state index contributed by atoms with van der Waals surface area (Å²) in [6, 6.07) is 7.08. The van der Waals surface area contributed by atoms with Crippen LogP contribution in [0.15, 0.2) is 24.3 Å². The first-order valence-corrected chi connectivity index (χ1v) is 7.74. The number of carboxylic acids is 1. The van der Waals surface area contributed by atoms with Crippen LogP contribution < -0.4 is 14.8 Å². The van der Waals surface area contributed by atoms with Crippen molar-refractivity contribution in [3.63, 3.8) is 0 Å². The smallest absolute Gasteiger partial charge is 0.311 e. The second kappa shape index (κ2) is 9.02. The fraction of sp³-hybridized carbons (Fsp3) is 0.529. The zero-order valence-electron chi connectivity index (χ0n) is 13.9. The van der Waals surface area contributed by atoms with E-state index < -0.39 is 11.4 Å². The van der Waals surface area contributed by atoms with E-state index in [4.69, 9.17) is 9.47 Å². The van der Waals surface area contributed by atoms with Crippen LogP contribution in [0.4, 0.5) is 0 Å². The van der Waals surface area contributed by atoms with E-state index in [9.17, 15) is 14.7 Å². The Hall–Kier alpha value is -2.24. The van der Waals surface area contributed by atoms with Crippen molar-refractivity contribution in [2.24, 2.45) is 5.41 Å². The number of carboxylic acid groups (broad SMARTS) is 1. The number of aliphatic carboxylic acids is 1. The zero-order valence-corrected chi connectivity index (χ0v) is 13.9. The van der Waals surface area contributed by atoms with Gasteiger partial charge in [-0.3, -0.25) is 9.59 Å². The molecule has 128 valence electrons. The second-order valence-electron chi connectivity index (χ2n) is 5.34. The first-order chi connectivity index (χ1) is 11.0. The lowest BCUT2D eigenvalue weighted by molar-refractivity contribution is -0.149. The first-order valence-electron chi connectivity index (χ1n) is 7.74. The van der Waals surface area contributed by atoms with Gasteiger partial charge in [0.15, 0.2) is 0 Å². The predicted molar refractivity (Wildman–Crippen MR) is 86.8 cm³/mol. The maximum Gasteiger partial charge on any atom is 0.311 e. The van der Waals surface area contributed by atoms with Gasteiger partial charge in [-0.15, -0.1) is 0 Å². The van der Waals surface area contributed by atoms with Gasteiger partial charge in [0.1, 0.15) is 11.5 Å². The molecule has 1 amide bonds. The molecule has 0 aliphatic heterocycles. The molecule has 6 nitrogen and oxygen atoms in total. The standard InChI is InChI=1S/C17H25NO5/c1-4-17(5-2,16(20)21)12-18-15(19)10-11-23-14-8-6-13(22-3)7-9-14/h6-9H,4-5,10-12H2,1-3H3,(H,18,19)(H,20,21). The van der Waals surface area contributed by atoms with Gasteiger partial charge in [-0.1, -0.05) is 13.8 Å². The number of carbonyl (C=O) groups excluding carboxylic acids is 1. The van der Waals surface area contributed by atoms with E-state index in [-0.39, 0.29) is 25.5 Å². The van der Waals surface area contributed by atoms with Gasteiger partial charge in [0.2, 0.25) is 5.91 Å². The fourth-order valence-corrected chi connectivity index (χ4v) is 2.17. The van der Waals surface area contributed by atoms with E-state index in [1.165, 1.54) is 0 Å². The van der Waals surface area contributed by atoms with Crippen molar-refractivity contribution in [2.75, 3.05) is 20.3 Å². The van der Waals surface area contributed by atoms with Crippen molar-refractivity contribution in [2.45, 2.75) is 33.1 Å². The van der Waals surface area contributed by atoms with Gasteiger partial charge in [0.05, 0.1) is 25.6 Å². The quantitative estimate of drug-likeness (QED) is 0.691. The molecule has 1 aromatic rings. The Morgan fingerprint density at radius 3 is 2.17 bits per heavy atom. The lowest BCUT2D eigenvalue weighted by Gasteiger charge is -2.26. The molecule has 0 bridgehead atoms. The van der Waals surface area contributed by atoms with Gasteiger partial charge < -0.3 is 19.9 Å². The number of benzene rings is 1. The molecule has 0 aliphatic rings. The third kappa shape index (κ3) is 5.47. The Kier molecular flexibility index (Phi) is 7.38. The van der Waals surface area contributed by atoms with E-state index in [1.807, 2.05) is 13.8 Å². The summed E-state index contributed by atoms with van der Waals surface area (Å²) in [5.74, 6) is 0.295. The summed E-state index contributed by atoms with van der Waals surface area (Å²) in [5.41, 5.74) is -0.896. The Morgan fingerprint density at radius 1 is 1.13 bits per heavy atom. The van der Waals surface area contributed by atoms with Crippen molar-refractivity contribution in [1.82, 2.24) is 5.32 Å². The van der Waals surface area contributed by atoms with Crippen LogP contribution in [0, 0.1) is 5.41 Å². The fourth-order valence-electron chi connectivity index (χ4n) is 2.17. The molecule has 0 aliphatic carbocycles. The van der Waals surface area contributed by atoms with Crippen LogP contribution in [0.5, 0.6) is 11.5 Å². The van der Waals surface area contributed by atoms with E-state index in [1.54, 1.807) is 31.4 Å². The summed E-state index contributed by atoms with van der Waals surface area (Å²) >= 11 is 0. The van der Waals surface area contributed by atoms with Crippen LogP contribution in [0.25, 0.3) is 0 Å². The highest BCUT2D eigenvalue weighted by Gasteiger charge is 2.34. The van der Waals surface area contributed by atoms with E-state index in [2.05, 4.69) is 5.32 Å². The van der Waals surface area contributed by atoms with Gasteiger partial charge in [-0.2, -0.15) is 0 Å². The molecule has 0 atom stereocenters. The second-order valence-corrected chi connectivity index (χ2v) is 5.34. The Bertz CT molecular complexity index is 508. The molecule has 2 N–H and O–H groups in total. The zero-order chi connectivity index (χ0) is 17.3. The number of hydrogen-bond donors (Lipinski definition) is 2. The number of methoxy groups -OCH3 is 1. The topological polar surface area (TPSA) is 84.9 Å². The van der Waals surface area contributed by atoms with Gasteiger partial charge in [-0.05, 0) is 37.1 Å². The third-order valence-corrected chi connectivity index (χ3v) is 4.09. The van der Waals surface area contributed by atoms with Crippen LogP contribution in [0.1, 0.15) is 33.1 Å². The number of carbonyl (C=O) groups is 2. The van der Waals surface area contributed by atoms with E-state index >= 15 is 0 Å². The van der Waals surface area contributed by atoms with Crippen molar-refractivity contribution in [3.05, 3.63) is 24.3 Å².